The quantitative estimate of drug-likeness (QED) is 0.533. The first-order valence-corrected chi connectivity index (χ1v) is 6.61. The van der Waals surface area contributed by atoms with E-state index in [4.69, 9.17) is 0 Å². The molecule has 0 atom stereocenters. The Bertz CT molecular complexity index is 183. The van der Waals surface area contributed by atoms with Crippen LogP contribution in [0.2, 0.25) is 0 Å². The molecule has 0 aliphatic rings. The zero-order chi connectivity index (χ0) is 11.9. The van der Waals surface area contributed by atoms with Crippen LogP contribution in [0.5, 0.6) is 0 Å². The summed E-state index contributed by atoms with van der Waals surface area (Å²) >= 11 is 1.96. The molecule has 0 aliphatic heterocycles. The van der Waals surface area contributed by atoms with Gasteiger partial charge in [-0.1, -0.05) is 12.2 Å². The number of rotatable bonds is 7. The highest BCUT2D eigenvalue weighted by Crippen LogP contribution is 2.07. The summed E-state index contributed by atoms with van der Waals surface area (Å²) in [6, 6.07) is 0. The number of hydrogen-bond acceptors (Lipinski definition) is 3. The zero-order valence-electron chi connectivity index (χ0n) is 10.9. The lowest BCUT2D eigenvalue weighted by atomic mass is 10.1. The summed E-state index contributed by atoms with van der Waals surface area (Å²) in [6.07, 6.45) is 0. The molecule has 0 unspecified atom stereocenters. The Morgan fingerprint density at radius 1 is 1.33 bits per heavy atom. The van der Waals surface area contributed by atoms with E-state index in [1.807, 2.05) is 11.8 Å². The van der Waals surface area contributed by atoms with Gasteiger partial charge in [0.25, 0.3) is 0 Å². The molecule has 0 rings (SSSR count). The van der Waals surface area contributed by atoms with Gasteiger partial charge in [0.2, 0.25) is 0 Å². The van der Waals surface area contributed by atoms with Gasteiger partial charge in [-0.2, -0.15) is 11.8 Å². The molecule has 0 saturated carbocycles. The normalized spacial score (nSPS) is 12.1. The molecule has 90 valence electrons. The van der Waals surface area contributed by atoms with Crippen molar-refractivity contribution < 1.29 is 0 Å². The van der Waals surface area contributed by atoms with Gasteiger partial charge in [0.1, 0.15) is 0 Å². The van der Waals surface area contributed by atoms with Crippen molar-refractivity contribution in [1.82, 2.24) is 10.2 Å². The third kappa shape index (κ3) is 11.9. The highest BCUT2D eigenvalue weighted by Gasteiger charge is 2.08. The molecule has 0 radical (unpaired) electrons. The van der Waals surface area contributed by atoms with E-state index in [0.717, 1.165) is 18.8 Å². The number of nitrogens with one attached hydrogen (secondary N) is 1. The smallest absolute Gasteiger partial charge is 0.0175 e. The van der Waals surface area contributed by atoms with Crippen molar-refractivity contribution in [3.8, 4) is 0 Å². The molecule has 3 heteroatoms. The fourth-order valence-corrected chi connectivity index (χ4v) is 1.93. The van der Waals surface area contributed by atoms with E-state index in [0.29, 0.717) is 0 Å². The van der Waals surface area contributed by atoms with Gasteiger partial charge in [-0.3, -0.25) is 0 Å². The van der Waals surface area contributed by atoms with Gasteiger partial charge in [0.15, 0.2) is 0 Å². The minimum atomic E-state index is 0.192. The van der Waals surface area contributed by atoms with E-state index in [9.17, 15) is 0 Å². The second-order valence-electron chi connectivity index (χ2n) is 5.21. The zero-order valence-corrected chi connectivity index (χ0v) is 11.7. The molecule has 2 nitrogen and oxygen atoms in total. The SMILES string of the molecule is C=C(CNC(C)(C)C)CSCCN(C)C. The molecular weight excluding hydrogens is 204 g/mol. The van der Waals surface area contributed by atoms with Crippen LogP contribution >= 0.6 is 11.8 Å². The van der Waals surface area contributed by atoms with E-state index in [2.05, 4.69) is 51.7 Å². The van der Waals surface area contributed by atoms with Crippen LogP contribution in [0.15, 0.2) is 12.2 Å². The van der Waals surface area contributed by atoms with Gasteiger partial charge in [-0.25, -0.2) is 0 Å². The lowest BCUT2D eigenvalue weighted by molar-refractivity contribution is 0.437. The first kappa shape index (κ1) is 15.0. The van der Waals surface area contributed by atoms with Crippen LogP contribution in [0.4, 0.5) is 0 Å². The second kappa shape index (κ2) is 7.31. The van der Waals surface area contributed by atoms with Crippen LogP contribution in [0.3, 0.4) is 0 Å². The lowest BCUT2D eigenvalue weighted by Crippen LogP contribution is -2.37. The van der Waals surface area contributed by atoms with E-state index in [1.165, 1.54) is 11.3 Å². The molecule has 0 aromatic rings. The number of nitrogens with zero attached hydrogens (tertiary/aromatic N) is 1. The van der Waals surface area contributed by atoms with Gasteiger partial charge in [-0.15, -0.1) is 0 Å². The lowest BCUT2D eigenvalue weighted by Gasteiger charge is -2.21. The molecule has 0 fully saturated rings. The second-order valence-corrected chi connectivity index (χ2v) is 6.31. The van der Waals surface area contributed by atoms with Crippen molar-refractivity contribution in [3.63, 3.8) is 0 Å². The first-order chi connectivity index (χ1) is 6.81. The van der Waals surface area contributed by atoms with Crippen LogP contribution in [0.1, 0.15) is 20.8 Å². The monoisotopic (exact) mass is 230 g/mol. The van der Waals surface area contributed by atoms with Gasteiger partial charge in [0.05, 0.1) is 0 Å². The van der Waals surface area contributed by atoms with Crippen molar-refractivity contribution in [2.45, 2.75) is 26.3 Å². The van der Waals surface area contributed by atoms with E-state index < -0.39 is 0 Å². The molecule has 0 heterocycles. The Morgan fingerprint density at radius 3 is 2.40 bits per heavy atom. The summed E-state index contributed by atoms with van der Waals surface area (Å²) < 4.78 is 0. The fraction of sp³-hybridized carbons (Fsp3) is 0.833. The minimum absolute atomic E-state index is 0.192. The maximum absolute atomic E-state index is 4.08. The molecule has 0 amide bonds. The first-order valence-electron chi connectivity index (χ1n) is 5.45. The summed E-state index contributed by atoms with van der Waals surface area (Å²) in [7, 11) is 4.22. The topological polar surface area (TPSA) is 15.3 Å². The molecule has 0 saturated heterocycles. The van der Waals surface area contributed by atoms with Gasteiger partial charge < -0.3 is 10.2 Å². The molecule has 0 aliphatic carbocycles. The molecule has 1 N–H and O–H groups in total. The van der Waals surface area contributed by atoms with Gasteiger partial charge in [-0.05, 0) is 34.9 Å². The Morgan fingerprint density at radius 2 is 1.93 bits per heavy atom. The van der Waals surface area contributed by atoms with Crippen molar-refractivity contribution in [2.75, 3.05) is 38.7 Å². The Balaban J connectivity index is 3.42. The van der Waals surface area contributed by atoms with Gasteiger partial charge >= 0.3 is 0 Å². The average molecular weight is 230 g/mol. The third-order valence-corrected chi connectivity index (χ3v) is 2.94. The summed E-state index contributed by atoms with van der Waals surface area (Å²) in [5, 5.41) is 3.45. The van der Waals surface area contributed by atoms with Crippen molar-refractivity contribution >= 4 is 11.8 Å². The summed E-state index contributed by atoms with van der Waals surface area (Å²) in [5.41, 5.74) is 1.48. The van der Waals surface area contributed by atoms with E-state index in [-0.39, 0.29) is 5.54 Å². The molecular formula is C12H26N2S. The van der Waals surface area contributed by atoms with Gasteiger partial charge in [0, 0.05) is 30.1 Å². The van der Waals surface area contributed by atoms with Crippen molar-refractivity contribution in [3.05, 3.63) is 12.2 Å². The Kier molecular flexibility index (Phi) is 7.32. The summed E-state index contributed by atoms with van der Waals surface area (Å²) in [6.45, 7) is 12.7. The Hall–Kier alpha value is 0.01000. The number of hydrogen-bond donors (Lipinski definition) is 1. The average Bonchev–Trinajstić information content (AvgIpc) is 2.07. The summed E-state index contributed by atoms with van der Waals surface area (Å²) in [4.78, 5) is 2.21. The maximum Gasteiger partial charge on any atom is 0.0175 e. The molecule has 0 bridgehead atoms. The Labute approximate surface area is 99.5 Å². The maximum atomic E-state index is 4.08. The molecule has 0 aromatic heterocycles. The van der Waals surface area contributed by atoms with E-state index in [1.54, 1.807) is 0 Å². The van der Waals surface area contributed by atoms with Crippen molar-refractivity contribution in [1.29, 1.82) is 0 Å². The fourth-order valence-electron chi connectivity index (χ4n) is 0.905. The highest BCUT2D eigenvalue weighted by atomic mass is 32.2. The molecule has 0 spiro atoms. The predicted octanol–water partition coefficient (Wildman–Crippen LogP) is 2.23. The van der Waals surface area contributed by atoms with Crippen LogP contribution < -0.4 is 5.32 Å². The molecule has 15 heavy (non-hydrogen) atoms. The van der Waals surface area contributed by atoms with Crippen LogP contribution in [-0.2, 0) is 0 Å². The summed E-state index contributed by atoms with van der Waals surface area (Å²) in [5.74, 6) is 2.25. The van der Waals surface area contributed by atoms with Crippen LogP contribution in [0.25, 0.3) is 0 Å². The predicted molar refractivity (Wildman–Crippen MR) is 72.8 cm³/mol. The minimum Gasteiger partial charge on any atom is -0.309 e. The van der Waals surface area contributed by atoms with Crippen LogP contribution in [-0.4, -0.2) is 49.1 Å². The standard InChI is InChI=1S/C12H26N2S/c1-11(9-13-12(2,3)4)10-15-8-7-14(5)6/h13H,1,7-10H2,2-6H3. The third-order valence-electron chi connectivity index (χ3n) is 1.86. The molecule has 0 aromatic carbocycles. The van der Waals surface area contributed by atoms with Crippen LogP contribution in [0, 0.1) is 0 Å². The number of thioether (sulfide) groups is 1. The van der Waals surface area contributed by atoms with E-state index >= 15 is 0 Å². The van der Waals surface area contributed by atoms with Crippen molar-refractivity contribution in [2.24, 2.45) is 0 Å². The highest BCUT2D eigenvalue weighted by molar-refractivity contribution is 7.99. The largest absolute Gasteiger partial charge is 0.309 e.